The normalized spacial score (nSPS) is 26.7. The molecule has 6 heteroatoms. The fourth-order valence-corrected chi connectivity index (χ4v) is 3.18. The molecule has 0 aromatic carbocycles. The summed E-state index contributed by atoms with van der Waals surface area (Å²) in [7, 11) is 0. The minimum Gasteiger partial charge on any atom is -0.466 e. The molecule has 2 saturated heterocycles. The molecule has 2 rings (SSSR count). The number of esters is 1. The molecular weight excluding hydrogens is 284 g/mol. The molecule has 0 radical (unpaired) electrons. The smallest absolute Gasteiger partial charge is 0.410 e. The highest BCUT2D eigenvalue weighted by molar-refractivity contribution is 5.73. The number of carbonyl (C=O) groups is 2. The highest BCUT2D eigenvalue weighted by atomic mass is 16.6. The van der Waals surface area contributed by atoms with Gasteiger partial charge in [0.05, 0.1) is 12.5 Å². The maximum atomic E-state index is 12.0. The van der Waals surface area contributed by atoms with E-state index in [1.807, 2.05) is 27.7 Å². The van der Waals surface area contributed by atoms with Gasteiger partial charge < -0.3 is 14.4 Å². The predicted octanol–water partition coefficient (Wildman–Crippen LogP) is 1.88. The van der Waals surface area contributed by atoms with Crippen LogP contribution >= 0.6 is 0 Å². The Morgan fingerprint density at radius 3 is 2.41 bits per heavy atom. The van der Waals surface area contributed by atoms with Crippen molar-refractivity contribution >= 4 is 12.1 Å². The van der Waals surface area contributed by atoms with Gasteiger partial charge in [-0.05, 0) is 47.6 Å². The maximum Gasteiger partial charge on any atom is 0.410 e. The maximum absolute atomic E-state index is 12.0. The number of hydrogen-bond donors (Lipinski definition) is 0. The van der Waals surface area contributed by atoms with Crippen molar-refractivity contribution in [3.8, 4) is 0 Å². The summed E-state index contributed by atoms with van der Waals surface area (Å²) in [6.45, 7) is 12.2. The Kier molecular flexibility index (Phi) is 5.00. The second-order valence-electron chi connectivity index (χ2n) is 7.16. The van der Waals surface area contributed by atoms with E-state index in [0.29, 0.717) is 25.7 Å². The van der Waals surface area contributed by atoms with Gasteiger partial charge in [-0.1, -0.05) is 0 Å². The van der Waals surface area contributed by atoms with Crippen LogP contribution in [0, 0.1) is 5.92 Å². The Balaban J connectivity index is 1.82. The lowest BCUT2D eigenvalue weighted by Gasteiger charge is -2.45. The molecule has 2 heterocycles. The molecule has 22 heavy (non-hydrogen) atoms. The lowest BCUT2D eigenvalue weighted by molar-refractivity contribution is -0.149. The van der Waals surface area contributed by atoms with Gasteiger partial charge in [-0.15, -0.1) is 0 Å². The topological polar surface area (TPSA) is 59.1 Å². The molecular formula is C16H28N2O4. The fraction of sp³-hybridized carbons (Fsp3) is 0.875. The van der Waals surface area contributed by atoms with Crippen molar-refractivity contribution in [3.05, 3.63) is 0 Å². The number of carbonyl (C=O) groups excluding carboxylic acids is 2. The summed E-state index contributed by atoms with van der Waals surface area (Å²) in [6, 6.07) is 0.492. The summed E-state index contributed by atoms with van der Waals surface area (Å²) in [5.41, 5.74) is -0.460. The molecule has 2 atom stereocenters. The number of amides is 1. The number of hydrogen-bond acceptors (Lipinski definition) is 5. The van der Waals surface area contributed by atoms with Gasteiger partial charge in [-0.2, -0.15) is 0 Å². The zero-order valence-corrected chi connectivity index (χ0v) is 14.3. The summed E-state index contributed by atoms with van der Waals surface area (Å²) in [5.74, 6) is -0.142. The van der Waals surface area contributed by atoms with Gasteiger partial charge in [-0.25, -0.2) is 4.79 Å². The van der Waals surface area contributed by atoms with Gasteiger partial charge in [0.1, 0.15) is 5.60 Å². The standard InChI is InChI=1S/C16H28N2O4/c1-6-21-14(19)13-7-8-18(11(13)2)12-9-17(10-12)15(20)22-16(3,4)5/h11-13H,6-10H2,1-5H3. The van der Waals surface area contributed by atoms with Crippen LogP contribution in [0.4, 0.5) is 4.79 Å². The van der Waals surface area contributed by atoms with Crippen molar-refractivity contribution in [2.24, 2.45) is 5.92 Å². The lowest BCUT2D eigenvalue weighted by Crippen LogP contribution is -2.62. The number of rotatable bonds is 3. The molecule has 0 saturated carbocycles. The van der Waals surface area contributed by atoms with Crippen LogP contribution in [0.15, 0.2) is 0 Å². The van der Waals surface area contributed by atoms with Crippen molar-refractivity contribution in [2.75, 3.05) is 26.2 Å². The van der Waals surface area contributed by atoms with E-state index in [1.54, 1.807) is 4.90 Å². The first-order valence-electron chi connectivity index (χ1n) is 8.13. The third-order valence-electron chi connectivity index (χ3n) is 4.38. The molecule has 2 aliphatic rings. The van der Waals surface area contributed by atoms with Crippen molar-refractivity contribution in [2.45, 2.75) is 58.7 Å². The third kappa shape index (κ3) is 3.72. The number of nitrogens with zero attached hydrogens (tertiary/aromatic N) is 2. The Labute approximate surface area is 132 Å². The molecule has 2 fully saturated rings. The quantitative estimate of drug-likeness (QED) is 0.745. The van der Waals surface area contributed by atoms with Crippen molar-refractivity contribution in [1.82, 2.24) is 9.80 Å². The van der Waals surface area contributed by atoms with Gasteiger partial charge >= 0.3 is 12.1 Å². The SMILES string of the molecule is CCOC(=O)C1CCN(C2CN(C(=O)OC(C)(C)C)C2)C1C. The Morgan fingerprint density at radius 2 is 1.86 bits per heavy atom. The summed E-state index contributed by atoms with van der Waals surface area (Å²) >= 11 is 0. The Hall–Kier alpha value is -1.30. The van der Waals surface area contributed by atoms with Gasteiger partial charge in [0.2, 0.25) is 0 Å². The minimum atomic E-state index is -0.460. The summed E-state index contributed by atoms with van der Waals surface area (Å²) in [4.78, 5) is 27.9. The van der Waals surface area contributed by atoms with E-state index in [9.17, 15) is 9.59 Å². The zero-order valence-electron chi connectivity index (χ0n) is 14.3. The molecule has 2 unspecified atom stereocenters. The van der Waals surface area contributed by atoms with Crippen LogP contribution in [0.25, 0.3) is 0 Å². The second-order valence-corrected chi connectivity index (χ2v) is 7.16. The molecule has 1 amide bonds. The van der Waals surface area contributed by atoms with Crippen molar-refractivity contribution in [3.63, 3.8) is 0 Å². The molecule has 0 N–H and O–H groups in total. The Bertz CT molecular complexity index is 426. The second kappa shape index (κ2) is 6.44. The van der Waals surface area contributed by atoms with E-state index in [-0.39, 0.29) is 24.0 Å². The van der Waals surface area contributed by atoms with Gasteiger partial charge in [-0.3, -0.25) is 9.69 Å². The van der Waals surface area contributed by atoms with E-state index in [1.165, 1.54) is 0 Å². The van der Waals surface area contributed by atoms with E-state index < -0.39 is 5.60 Å². The molecule has 0 aromatic rings. The van der Waals surface area contributed by atoms with E-state index in [2.05, 4.69) is 11.8 Å². The fourth-order valence-electron chi connectivity index (χ4n) is 3.18. The van der Waals surface area contributed by atoms with E-state index in [4.69, 9.17) is 9.47 Å². The van der Waals surface area contributed by atoms with Crippen LogP contribution in [0.1, 0.15) is 41.0 Å². The highest BCUT2D eigenvalue weighted by Crippen LogP contribution is 2.30. The monoisotopic (exact) mass is 312 g/mol. The first-order chi connectivity index (χ1) is 10.2. The first kappa shape index (κ1) is 17.1. The molecule has 6 nitrogen and oxygen atoms in total. The molecule has 0 bridgehead atoms. The van der Waals surface area contributed by atoms with Crippen molar-refractivity contribution in [1.29, 1.82) is 0 Å². The summed E-state index contributed by atoms with van der Waals surface area (Å²) < 4.78 is 10.5. The summed E-state index contributed by atoms with van der Waals surface area (Å²) in [6.07, 6.45) is 0.584. The molecule has 2 aliphatic heterocycles. The number of likely N-dealkylation sites (tertiary alicyclic amines) is 2. The van der Waals surface area contributed by atoms with Crippen LogP contribution in [0.5, 0.6) is 0 Å². The van der Waals surface area contributed by atoms with Gasteiger partial charge in [0.15, 0.2) is 0 Å². The van der Waals surface area contributed by atoms with Crippen LogP contribution in [-0.4, -0.2) is 65.8 Å². The lowest BCUT2D eigenvalue weighted by atomic mass is 10.0. The van der Waals surface area contributed by atoms with Crippen molar-refractivity contribution < 1.29 is 19.1 Å². The van der Waals surface area contributed by atoms with Crippen LogP contribution in [0.2, 0.25) is 0 Å². The van der Waals surface area contributed by atoms with E-state index >= 15 is 0 Å². The van der Waals surface area contributed by atoms with Crippen LogP contribution in [-0.2, 0) is 14.3 Å². The Morgan fingerprint density at radius 1 is 1.23 bits per heavy atom. The van der Waals surface area contributed by atoms with Crippen LogP contribution in [0.3, 0.4) is 0 Å². The number of ether oxygens (including phenoxy) is 2. The molecule has 0 aliphatic carbocycles. The third-order valence-corrected chi connectivity index (χ3v) is 4.38. The average molecular weight is 312 g/mol. The average Bonchev–Trinajstić information content (AvgIpc) is 2.68. The summed E-state index contributed by atoms with van der Waals surface area (Å²) in [5, 5.41) is 0. The zero-order chi connectivity index (χ0) is 16.5. The van der Waals surface area contributed by atoms with Gasteiger partial charge in [0.25, 0.3) is 0 Å². The predicted molar refractivity (Wildman–Crippen MR) is 82.5 cm³/mol. The highest BCUT2D eigenvalue weighted by Gasteiger charge is 2.45. The van der Waals surface area contributed by atoms with E-state index in [0.717, 1.165) is 13.0 Å². The molecule has 126 valence electrons. The molecule has 0 spiro atoms. The molecule has 0 aromatic heterocycles. The van der Waals surface area contributed by atoms with Gasteiger partial charge in [0, 0.05) is 25.2 Å². The largest absolute Gasteiger partial charge is 0.466 e. The van der Waals surface area contributed by atoms with Crippen LogP contribution < -0.4 is 0 Å². The minimum absolute atomic E-state index is 0.0458. The first-order valence-corrected chi connectivity index (χ1v) is 8.13.